The molecule has 2 aromatic rings. The molecule has 1 unspecified atom stereocenters. The molecule has 2 aromatic carbocycles. The SMILES string of the molecule is CC(=O)N1C(=O)N(c2cc(Cl)cc(Cl)c2)C2=CCCCC21Cc1ccc(Br)cc1. The molecule has 1 saturated heterocycles. The van der Waals surface area contributed by atoms with E-state index < -0.39 is 5.54 Å². The van der Waals surface area contributed by atoms with E-state index >= 15 is 0 Å². The third-order valence-electron chi connectivity index (χ3n) is 5.49. The first-order valence-corrected chi connectivity index (χ1v) is 10.9. The normalized spacial score (nSPS) is 21.2. The second-order valence-corrected chi connectivity index (χ2v) is 9.21. The van der Waals surface area contributed by atoms with E-state index in [1.807, 2.05) is 24.3 Å². The minimum absolute atomic E-state index is 0.268. The second kappa shape index (κ2) is 7.78. The Kier molecular flexibility index (Phi) is 5.49. The van der Waals surface area contributed by atoms with Crippen molar-refractivity contribution in [3.63, 3.8) is 0 Å². The van der Waals surface area contributed by atoms with Crippen LogP contribution in [0.1, 0.15) is 31.7 Å². The maximum absolute atomic E-state index is 13.5. The number of carbonyl (C=O) groups is 2. The summed E-state index contributed by atoms with van der Waals surface area (Å²) in [7, 11) is 0. The Morgan fingerprint density at radius 2 is 1.79 bits per heavy atom. The molecule has 0 bridgehead atoms. The first-order valence-electron chi connectivity index (χ1n) is 9.38. The lowest BCUT2D eigenvalue weighted by molar-refractivity contribution is -0.129. The van der Waals surface area contributed by atoms with Crippen LogP contribution in [0, 0.1) is 0 Å². The lowest BCUT2D eigenvalue weighted by atomic mass is 9.78. The number of hydrogen-bond donors (Lipinski definition) is 0. The summed E-state index contributed by atoms with van der Waals surface area (Å²) in [5, 5.41) is 0.882. The highest BCUT2D eigenvalue weighted by Gasteiger charge is 2.56. The molecule has 7 heteroatoms. The molecule has 1 fully saturated rings. The quantitative estimate of drug-likeness (QED) is 0.483. The number of hydrogen-bond acceptors (Lipinski definition) is 2. The molecule has 0 aromatic heterocycles. The van der Waals surface area contributed by atoms with Crippen molar-refractivity contribution < 1.29 is 9.59 Å². The third kappa shape index (κ3) is 3.60. The lowest BCUT2D eigenvalue weighted by Crippen LogP contribution is -2.51. The van der Waals surface area contributed by atoms with Gasteiger partial charge in [0.05, 0.1) is 16.9 Å². The van der Waals surface area contributed by atoms with Gasteiger partial charge in [-0.25, -0.2) is 4.79 Å². The van der Waals surface area contributed by atoms with Gasteiger partial charge in [0, 0.05) is 27.9 Å². The first-order chi connectivity index (χ1) is 13.8. The summed E-state index contributed by atoms with van der Waals surface area (Å²) in [6, 6.07) is 12.7. The number of anilines is 1. The van der Waals surface area contributed by atoms with Gasteiger partial charge < -0.3 is 0 Å². The summed E-state index contributed by atoms with van der Waals surface area (Å²) >= 11 is 15.9. The van der Waals surface area contributed by atoms with Crippen LogP contribution in [0.5, 0.6) is 0 Å². The molecule has 150 valence electrons. The van der Waals surface area contributed by atoms with Crippen molar-refractivity contribution in [3.8, 4) is 0 Å². The molecule has 0 spiro atoms. The number of halogens is 3. The second-order valence-electron chi connectivity index (χ2n) is 7.42. The first kappa shape index (κ1) is 20.5. The van der Waals surface area contributed by atoms with Crippen LogP contribution in [0.3, 0.4) is 0 Å². The summed E-state index contributed by atoms with van der Waals surface area (Å²) < 4.78 is 0.985. The van der Waals surface area contributed by atoms with Gasteiger partial charge >= 0.3 is 6.03 Å². The molecule has 0 radical (unpaired) electrons. The van der Waals surface area contributed by atoms with Crippen LogP contribution in [0.2, 0.25) is 10.0 Å². The van der Waals surface area contributed by atoms with E-state index in [4.69, 9.17) is 23.2 Å². The largest absolute Gasteiger partial charge is 0.336 e. The number of benzene rings is 2. The van der Waals surface area contributed by atoms with E-state index in [2.05, 4.69) is 22.0 Å². The average Bonchev–Trinajstić information content (AvgIpc) is 2.90. The predicted octanol–water partition coefficient (Wildman–Crippen LogP) is 6.59. The van der Waals surface area contributed by atoms with Gasteiger partial charge in [-0.05, 0) is 55.2 Å². The molecule has 3 amide bonds. The zero-order valence-corrected chi connectivity index (χ0v) is 18.9. The summed E-state index contributed by atoms with van der Waals surface area (Å²) in [5.74, 6) is -0.268. The van der Waals surface area contributed by atoms with Crippen molar-refractivity contribution in [1.82, 2.24) is 4.90 Å². The molecule has 2 aliphatic rings. The number of rotatable bonds is 3. The van der Waals surface area contributed by atoms with Gasteiger partial charge in [-0.2, -0.15) is 0 Å². The number of nitrogens with zero attached hydrogens (tertiary/aromatic N) is 2. The molecule has 0 saturated carbocycles. The Bertz CT molecular complexity index is 1000. The van der Waals surface area contributed by atoms with E-state index in [0.717, 1.165) is 28.6 Å². The maximum atomic E-state index is 13.5. The zero-order chi connectivity index (χ0) is 20.8. The Labute approximate surface area is 188 Å². The summed E-state index contributed by atoms with van der Waals surface area (Å²) in [4.78, 5) is 29.2. The van der Waals surface area contributed by atoms with E-state index in [9.17, 15) is 9.59 Å². The van der Waals surface area contributed by atoms with Crippen molar-refractivity contribution >= 4 is 56.8 Å². The average molecular weight is 494 g/mol. The topological polar surface area (TPSA) is 40.6 Å². The molecule has 29 heavy (non-hydrogen) atoms. The monoisotopic (exact) mass is 492 g/mol. The predicted molar refractivity (Wildman–Crippen MR) is 119 cm³/mol. The molecule has 1 atom stereocenters. The minimum atomic E-state index is -0.718. The van der Waals surface area contributed by atoms with E-state index in [1.54, 1.807) is 23.1 Å². The zero-order valence-electron chi connectivity index (χ0n) is 15.8. The Balaban J connectivity index is 1.86. The molecule has 1 heterocycles. The summed E-state index contributed by atoms with van der Waals surface area (Å²) in [5.41, 5.74) is 1.74. The highest BCUT2D eigenvalue weighted by Crippen LogP contribution is 2.48. The molecular weight excluding hydrogens is 475 g/mol. The van der Waals surface area contributed by atoms with Crippen LogP contribution in [-0.2, 0) is 11.2 Å². The number of fused-ring (bicyclic) bond motifs is 1. The Morgan fingerprint density at radius 1 is 1.14 bits per heavy atom. The van der Waals surface area contributed by atoms with Gasteiger partial charge in [0.25, 0.3) is 0 Å². The Hall–Kier alpha value is -1.82. The fourth-order valence-corrected chi connectivity index (χ4v) is 5.19. The Morgan fingerprint density at radius 3 is 2.41 bits per heavy atom. The van der Waals surface area contributed by atoms with Crippen molar-refractivity contribution in [2.45, 2.75) is 38.1 Å². The maximum Gasteiger partial charge on any atom is 0.336 e. The number of allylic oxidation sites excluding steroid dienone is 1. The van der Waals surface area contributed by atoms with Gasteiger partial charge in [-0.1, -0.05) is 57.3 Å². The van der Waals surface area contributed by atoms with Crippen LogP contribution < -0.4 is 4.90 Å². The lowest BCUT2D eigenvalue weighted by Gasteiger charge is -2.39. The number of amides is 3. The summed E-state index contributed by atoms with van der Waals surface area (Å²) in [6.07, 6.45) is 5.09. The van der Waals surface area contributed by atoms with Gasteiger partial charge in [-0.3, -0.25) is 14.6 Å². The van der Waals surface area contributed by atoms with Crippen LogP contribution in [-0.4, -0.2) is 22.4 Å². The highest BCUT2D eigenvalue weighted by atomic mass is 79.9. The van der Waals surface area contributed by atoms with Gasteiger partial charge in [0.2, 0.25) is 5.91 Å². The van der Waals surface area contributed by atoms with Crippen LogP contribution >= 0.6 is 39.1 Å². The molecule has 0 N–H and O–H groups in total. The molecular formula is C22H19BrCl2N2O2. The fourth-order valence-electron chi connectivity index (χ4n) is 4.42. The van der Waals surface area contributed by atoms with E-state index in [1.165, 1.54) is 11.8 Å². The fraction of sp³-hybridized carbons (Fsp3) is 0.273. The summed E-state index contributed by atoms with van der Waals surface area (Å²) in [6.45, 7) is 1.45. The number of imide groups is 1. The van der Waals surface area contributed by atoms with Crippen LogP contribution in [0.15, 0.2) is 58.7 Å². The van der Waals surface area contributed by atoms with Crippen LogP contribution in [0.4, 0.5) is 10.5 Å². The molecule has 4 rings (SSSR count). The standard InChI is InChI=1S/C22H19BrCl2N2O2/c1-14(28)27-21(29)26(19-11-17(24)10-18(25)12-19)20-4-2-3-9-22(20,27)13-15-5-7-16(23)8-6-15/h4-8,10-12H,2-3,9,13H2,1H3. The molecule has 1 aliphatic carbocycles. The van der Waals surface area contributed by atoms with Crippen molar-refractivity contribution in [1.29, 1.82) is 0 Å². The van der Waals surface area contributed by atoms with Crippen molar-refractivity contribution in [3.05, 3.63) is 74.3 Å². The number of urea groups is 1. The smallest absolute Gasteiger partial charge is 0.275 e. The molecule has 1 aliphatic heterocycles. The minimum Gasteiger partial charge on any atom is -0.275 e. The van der Waals surface area contributed by atoms with E-state index in [-0.39, 0.29) is 11.9 Å². The van der Waals surface area contributed by atoms with Crippen LogP contribution in [0.25, 0.3) is 0 Å². The van der Waals surface area contributed by atoms with Crippen molar-refractivity contribution in [2.24, 2.45) is 0 Å². The molecule has 4 nitrogen and oxygen atoms in total. The number of carbonyl (C=O) groups excluding carboxylic acids is 2. The third-order valence-corrected chi connectivity index (χ3v) is 6.46. The van der Waals surface area contributed by atoms with Gasteiger partial charge in [0.15, 0.2) is 0 Å². The van der Waals surface area contributed by atoms with Crippen molar-refractivity contribution in [2.75, 3.05) is 4.90 Å². The van der Waals surface area contributed by atoms with Gasteiger partial charge in [-0.15, -0.1) is 0 Å². The van der Waals surface area contributed by atoms with E-state index in [0.29, 0.717) is 28.6 Å². The van der Waals surface area contributed by atoms with Gasteiger partial charge in [0.1, 0.15) is 0 Å². The highest BCUT2D eigenvalue weighted by molar-refractivity contribution is 9.10.